The van der Waals surface area contributed by atoms with E-state index >= 15 is 0 Å². The van der Waals surface area contributed by atoms with E-state index < -0.39 is 0 Å². The maximum Gasteiger partial charge on any atom is -0.0314 e. The molecule has 0 rings (SSSR count). The Morgan fingerprint density at radius 2 is 2.11 bits per heavy atom. The first-order valence-electron chi connectivity index (χ1n) is 3.10. The van der Waals surface area contributed by atoms with Crippen LogP contribution in [-0.4, -0.2) is 6.16 Å². The van der Waals surface area contributed by atoms with Gasteiger partial charge in [0.15, 0.2) is 0 Å². The first-order valence-corrected chi connectivity index (χ1v) is 12.1. The highest BCUT2D eigenvalue weighted by molar-refractivity contribution is 8.67. The molecule has 0 amide bonds. The molecule has 0 bridgehead atoms. The van der Waals surface area contributed by atoms with Crippen molar-refractivity contribution in [2.45, 2.75) is 19.8 Å². The van der Waals surface area contributed by atoms with Gasteiger partial charge >= 0.3 is 0 Å². The van der Waals surface area contributed by atoms with Gasteiger partial charge in [-0.25, -0.2) is 0 Å². The van der Waals surface area contributed by atoms with Gasteiger partial charge in [-0.1, -0.05) is 45.5 Å². The van der Waals surface area contributed by atoms with E-state index in [0.717, 1.165) is 7.96 Å². The number of hydrogen-bond acceptors (Lipinski definition) is 0. The lowest BCUT2D eigenvalue weighted by Crippen LogP contribution is -1.67. The second kappa shape index (κ2) is 10.2. The minimum atomic E-state index is 1.13. The molecular weight excluding hydrogens is 203 g/mol. The van der Waals surface area contributed by atoms with Crippen LogP contribution in [0.15, 0.2) is 0 Å². The molecule has 0 N–H and O–H groups in total. The van der Waals surface area contributed by atoms with Gasteiger partial charge in [0.2, 0.25) is 0 Å². The maximum atomic E-state index is 2.83. The van der Waals surface area contributed by atoms with Crippen molar-refractivity contribution in [3.63, 3.8) is 0 Å². The molecule has 0 saturated heterocycles. The summed E-state index contributed by atoms with van der Waals surface area (Å²) in [4.78, 5) is 0. The lowest BCUT2D eigenvalue weighted by atomic mass is 10.4. The van der Waals surface area contributed by atoms with Crippen LogP contribution in [0, 0.1) is 0 Å². The van der Waals surface area contributed by atoms with E-state index in [2.05, 4.69) is 15.9 Å². The summed E-state index contributed by atoms with van der Waals surface area (Å²) in [6.07, 6.45) is 4.33. The zero-order chi connectivity index (χ0) is 6.95. The monoisotopic (exact) mass is 218 g/mol. The summed E-state index contributed by atoms with van der Waals surface area (Å²) >= 11 is 0. The topological polar surface area (TPSA) is 0 Å². The van der Waals surface area contributed by atoms with Gasteiger partial charge in [0.05, 0.1) is 0 Å². The van der Waals surface area contributed by atoms with E-state index in [-0.39, 0.29) is 0 Å². The van der Waals surface area contributed by atoms with E-state index in [4.69, 9.17) is 0 Å². The highest BCUT2D eigenvalue weighted by Crippen LogP contribution is 2.64. The molecule has 0 aliphatic carbocycles. The third-order valence-corrected chi connectivity index (χ3v) is 15.3. The molecule has 5 unspecified atom stereocenters. The van der Waals surface area contributed by atoms with E-state index in [0.29, 0.717) is 0 Å². The van der Waals surface area contributed by atoms with Gasteiger partial charge in [-0.2, -0.15) is 0 Å². The van der Waals surface area contributed by atoms with Crippen LogP contribution in [0.2, 0.25) is 0 Å². The van der Waals surface area contributed by atoms with Crippen molar-refractivity contribution in [1.29, 1.82) is 0 Å². The van der Waals surface area contributed by atoms with Crippen LogP contribution in [0.4, 0.5) is 0 Å². The van der Waals surface area contributed by atoms with E-state index in [1.165, 1.54) is 43.2 Å². The largest absolute Gasteiger partial charge is 0.110 e. The summed E-state index contributed by atoms with van der Waals surface area (Å²) < 4.78 is 0. The lowest BCUT2D eigenvalue weighted by Gasteiger charge is -1.97. The zero-order valence-corrected chi connectivity index (χ0v) is 10.9. The molecule has 56 valence electrons. The first kappa shape index (κ1) is 11.2. The first-order chi connectivity index (χ1) is 4.41. The van der Waals surface area contributed by atoms with Crippen molar-refractivity contribution >= 4 is 41.1 Å². The number of unbranched alkanes of at least 4 members (excludes halogenated alkanes) is 1. The Kier molecular flexibility index (Phi) is 12.6. The molecule has 0 fully saturated rings. The molecular formula is C4H15P5. The predicted octanol–water partition coefficient (Wildman–Crippen LogP) is 4.04. The molecule has 5 atom stereocenters. The van der Waals surface area contributed by atoms with Gasteiger partial charge in [0.1, 0.15) is 0 Å². The average Bonchev–Trinajstić information content (AvgIpc) is 1.89. The van der Waals surface area contributed by atoms with Crippen molar-refractivity contribution in [1.82, 2.24) is 0 Å². The third-order valence-electron chi connectivity index (χ3n) is 0.878. The molecule has 9 heavy (non-hydrogen) atoms. The van der Waals surface area contributed by atoms with Crippen molar-refractivity contribution in [2.75, 3.05) is 6.16 Å². The molecule has 0 aromatic carbocycles. The van der Waals surface area contributed by atoms with Gasteiger partial charge in [-0.15, -0.1) is 8.93 Å². The second-order valence-corrected chi connectivity index (χ2v) is 13.8. The Bertz CT molecular complexity index is 42.2. The van der Waals surface area contributed by atoms with Crippen LogP contribution in [0.1, 0.15) is 19.8 Å². The van der Waals surface area contributed by atoms with Crippen molar-refractivity contribution in [2.24, 2.45) is 0 Å². The molecule has 0 nitrogen and oxygen atoms in total. The molecule has 0 aliphatic rings. The minimum Gasteiger partial charge on any atom is -0.110 e. The Balaban J connectivity index is 2.60. The summed E-state index contributed by atoms with van der Waals surface area (Å²) in [5.41, 5.74) is 0. The number of hydrogen-bond donors (Lipinski definition) is 0. The Morgan fingerprint density at radius 3 is 2.67 bits per heavy atom. The Labute approximate surface area is 67.4 Å². The minimum absolute atomic E-state index is 1.13. The highest BCUT2D eigenvalue weighted by atomic mass is 32.7. The molecule has 0 aromatic rings. The maximum absolute atomic E-state index is 2.83. The van der Waals surface area contributed by atoms with Crippen molar-refractivity contribution < 1.29 is 0 Å². The normalized spacial score (nSPS) is 15.3. The van der Waals surface area contributed by atoms with Crippen LogP contribution in [0.3, 0.4) is 0 Å². The zero-order valence-electron chi connectivity index (χ0n) is 5.70. The van der Waals surface area contributed by atoms with Gasteiger partial charge in [-0.05, 0) is 12.6 Å². The summed E-state index contributed by atoms with van der Waals surface area (Å²) in [6.45, 7) is 2.27. The standard InChI is InChI=1S/C4H15P5/c1-2-3-4-6-8-9-7-5/h6-9H,2-5H2,1H3. The van der Waals surface area contributed by atoms with Gasteiger partial charge in [-0.3, -0.25) is 0 Å². The van der Waals surface area contributed by atoms with Crippen molar-refractivity contribution in [3.8, 4) is 0 Å². The predicted molar refractivity (Wildman–Crippen MR) is 62.7 cm³/mol. The molecule has 0 aliphatic heterocycles. The Hall–Kier alpha value is 2.15. The van der Waals surface area contributed by atoms with Gasteiger partial charge in [0, 0.05) is 0 Å². The molecule has 0 heterocycles. The third kappa shape index (κ3) is 10.2. The molecule has 5 heteroatoms. The van der Waals surface area contributed by atoms with Gasteiger partial charge < -0.3 is 0 Å². The fourth-order valence-electron chi connectivity index (χ4n) is 0.408. The molecule has 0 radical (unpaired) electrons. The van der Waals surface area contributed by atoms with Crippen molar-refractivity contribution in [3.05, 3.63) is 0 Å². The molecule has 0 saturated carbocycles. The number of rotatable bonds is 6. The smallest absolute Gasteiger partial charge is 0.0314 e. The van der Waals surface area contributed by atoms with Gasteiger partial charge in [0.25, 0.3) is 0 Å². The average molecular weight is 218 g/mol. The Morgan fingerprint density at radius 1 is 1.33 bits per heavy atom. The summed E-state index contributed by atoms with van der Waals surface area (Å²) in [5, 5.41) is 0. The SMILES string of the molecule is CCCCPPPPP. The van der Waals surface area contributed by atoms with E-state index in [9.17, 15) is 0 Å². The van der Waals surface area contributed by atoms with Crippen LogP contribution in [-0.2, 0) is 0 Å². The van der Waals surface area contributed by atoms with Crippen LogP contribution >= 0.6 is 41.1 Å². The van der Waals surface area contributed by atoms with Crippen LogP contribution < -0.4 is 0 Å². The second-order valence-electron chi connectivity index (χ2n) is 1.67. The summed E-state index contributed by atoms with van der Waals surface area (Å²) in [5.74, 6) is 0. The van der Waals surface area contributed by atoms with Crippen LogP contribution in [0.5, 0.6) is 0 Å². The molecule has 0 spiro atoms. The van der Waals surface area contributed by atoms with Crippen LogP contribution in [0.25, 0.3) is 0 Å². The lowest BCUT2D eigenvalue weighted by molar-refractivity contribution is 0.896. The van der Waals surface area contributed by atoms with E-state index in [1.54, 1.807) is 0 Å². The molecule has 0 aromatic heterocycles. The highest BCUT2D eigenvalue weighted by Gasteiger charge is 1.84. The summed E-state index contributed by atoms with van der Waals surface area (Å²) in [7, 11) is 7.79. The van der Waals surface area contributed by atoms with E-state index in [1.807, 2.05) is 0 Å². The fraction of sp³-hybridized carbons (Fsp3) is 1.00. The fourth-order valence-corrected chi connectivity index (χ4v) is 15.4. The summed E-state index contributed by atoms with van der Waals surface area (Å²) in [6, 6.07) is 0. The quantitative estimate of drug-likeness (QED) is 0.466.